The first-order chi connectivity index (χ1) is 33.9. The van der Waals surface area contributed by atoms with Gasteiger partial charge in [-0.3, -0.25) is 0 Å². The number of nitrogens with zero attached hydrogens (tertiary/aromatic N) is 8. The minimum absolute atomic E-state index is 0. The Morgan fingerprint density at radius 3 is 0.753 bits per heavy atom. The van der Waals surface area contributed by atoms with E-state index in [9.17, 15) is 21.0 Å². The Hall–Kier alpha value is -8.04. The van der Waals surface area contributed by atoms with Crippen LogP contribution in [0.4, 0.5) is 0 Å². The van der Waals surface area contributed by atoms with E-state index in [1.807, 2.05) is 48.6 Å². The summed E-state index contributed by atoms with van der Waals surface area (Å²) in [6.07, 6.45) is 7.98. The second-order valence-corrected chi connectivity index (χ2v) is 23.0. The molecule has 8 nitrogen and oxygen atoms in total. The van der Waals surface area contributed by atoms with Crippen LogP contribution in [-0.4, -0.2) is 9.97 Å². The van der Waals surface area contributed by atoms with Crippen LogP contribution in [0.1, 0.15) is 150 Å². The van der Waals surface area contributed by atoms with Crippen molar-refractivity contribution < 1.29 is 17.1 Å². The fourth-order valence-corrected chi connectivity index (χ4v) is 9.35. The van der Waals surface area contributed by atoms with Gasteiger partial charge in [-0.25, -0.2) is 9.97 Å². The van der Waals surface area contributed by atoms with E-state index >= 15 is 0 Å². The van der Waals surface area contributed by atoms with E-state index < -0.39 is 0 Å². The third kappa shape index (κ3) is 10.1. The Balaban J connectivity index is 0.00000711. The summed E-state index contributed by atoms with van der Waals surface area (Å²) in [6.45, 7) is 26.6. The molecule has 0 fully saturated rings. The summed E-state index contributed by atoms with van der Waals surface area (Å²) in [5.41, 5.74) is 16.5. The summed E-state index contributed by atoms with van der Waals surface area (Å²) >= 11 is 0. The summed E-state index contributed by atoms with van der Waals surface area (Å²) in [6, 6.07) is 41.0. The molecule has 2 aliphatic rings. The van der Waals surface area contributed by atoms with Gasteiger partial charge in [-0.15, -0.1) is 22.1 Å². The van der Waals surface area contributed by atoms with E-state index in [-0.39, 0.29) is 38.7 Å². The predicted molar refractivity (Wildman–Crippen MR) is 292 cm³/mol. The van der Waals surface area contributed by atoms with Crippen molar-refractivity contribution in [3.63, 3.8) is 0 Å². The van der Waals surface area contributed by atoms with Crippen molar-refractivity contribution in [1.29, 1.82) is 21.0 Å². The smallest absolute Gasteiger partial charge is 0.657 e. The average molecular weight is 1000 g/mol. The van der Waals surface area contributed by atoms with Gasteiger partial charge in [-0.1, -0.05) is 144 Å². The van der Waals surface area contributed by atoms with Crippen LogP contribution in [0.5, 0.6) is 0 Å². The number of nitriles is 4. The molecule has 4 aromatic carbocycles. The van der Waals surface area contributed by atoms with E-state index in [1.165, 1.54) is 0 Å². The number of benzene rings is 4. The van der Waals surface area contributed by atoms with Crippen LogP contribution < -0.4 is 9.97 Å². The number of hydrogen-bond acceptors (Lipinski definition) is 6. The maximum Gasteiger partial charge on any atom is 2.00 e. The minimum atomic E-state index is -0.193. The van der Waals surface area contributed by atoms with Crippen LogP contribution in [-0.2, 0) is 38.7 Å². The van der Waals surface area contributed by atoms with E-state index in [0.29, 0.717) is 89.4 Å². The van der Waals surface area contributed by atoms with Gasteiger partial charge in [0.25, 0.3) is 0 Å². The van der Waals surface area contributed by atoms with E-state index in [0.717, 1.165) is 44.5 Å². The minimum Gasteiger partial charge on any atom is -0.657 e. The maximum absolute atomic E-state index is 10.3. The van der Waals surface area contributed by atoms with E-state index in [2.05, 4.69) is 144 Å². The Morgan fingerprint density at radius 2 is 0.548 bits per heavy atom. The number of aromatic nitrogens is 4. The summed E-state index contributed by atoms with van der Waals surface area (Å²) in [7, 11) is 0. The van der Waals surface area contributed by atoms with Crippen LogP contribution >= 0.6 is 0 Å². The van der Waals surface area contributed by atoms with Gasteiger partial charge in [0.1, 0.15) is 0 Å². The van der Waals surface area contributed by atoms with Crippen LogP contribution in [0.25, 0.3) is 90.9 Å². The molecule has 5 heterocycles. The molecule has 0 atom stereocenters. The molecule has 0 N–H and O–H groups in total. The molecule has 2 aliphatic heterocycles. The molecule has 363 valence electrons. The molecule has 0 saturated carbocycles. The largest absolute Gasteiger partial charge is 2.00 e. The van der Waals surface area contributed by atoms with Gasteiger partial charge >= 0.3 is 17.1 Å². The van der Waals surface area contributed by atoms with Crippen LogP contribution in [0.15, 0.2) is 97.1 Å². The number of hydrogen-bond donors (Lipinski definition) is 0. The van der Waals surface area contributed by atoms with Gasteiger partial charge in [0.15, 0.2) is 0 Å². The average Bonchev–Trinajstić information content (AvgIpc) is 4.18. The fraction of sp³-hybridized carbons (Fsp3) is 0.250. The fourth-order valence-electron chi connectivity index (χ4n) is 9.35. The zero-order valence-electron chi connectivity index (χ0n) is 43.4. The van der Waals surface area contributed by atoms with Gasteiger partial charge in [-0.05, 0) is 149 Å². The van der Waals surface area contributed by atoms with Crippen molar-refractivity contribution in [2.45, 2.75) is 105 Å². The van der Waals surface area contributed by atoms with Gasteiger partial charge in [-0.2, -0.15) is 21.0 Å². The Bertz CT molecular complexity index is 3460. The molecule has 1 radical (unpaired) electrons. The van der Waals surface area contributed by atoms with Gasteiger partial charge in [0.05, 0.1) is 69.3 Å². The van der Waals surface area contributed by atoms with Gasteiger partial charge < -0.3 is 9.97 Å². The molecule has 0 spiro atoms. The molecule has 0 amide bonds. The number of fused-ring (bicyclic) bond motifs is 8. The van der Waals surface area contributed by atoms with Gasteiger partial charge in [0, 0.05) is 0 Å². The summed E-state index contributed by atoms with van der Waals surface area (Å²) < 4.78 is 0. The summed E-state index contributed by atoms with van der Waals surface area (Å²) in [5.74, 6) is 0. The summed E-state index contributed by atoms with van der Waals surface area (Å²) in [5, 5.41) is 41.0. The van der Waals surface area contributed by atoms with Crippen LogP contribution in [0.2, 0.25) is 0 Å². The molecule has 8 bridgehead atoms. The van der Waals surface area contributed by atoms with Crippen molar-refractivity contribution in [2.75, 3.05) is 0 Å². The predicted octanol–water partition coefficient (Wildman–Crippen LogP) is 15.3. The monoisotopic (exact) mass is 999 g/mol. The second kappa shape index (κ2) is 18.9. The zero-order chi connectivity index (χ0) is 51.7. The Labute approximate surface area is 439 Å². The molecule has 73 heavy (non-hydrogen) atoms. The molecule has 3 aromatic heterocycles. The third-order valence-electron chi connectivity index (χ3n) is 13.5. The second-order valence-electron chi connectivity index (χ2n) is 23.0. The molecular weight excluding hydrogens is 944 g/mol. The van der Waals surface area contributed by atoms with Crippen LogP contribution in [0.3, 0.4) is 0 Å². The van der Waals surface area contributed by atoms with Gasteiger partial charge in [0.2, 0.25) is 0 Å². The topological polar surface area (TPSA) is 149 Å². The van der Waals surface area contributed by atoms with Crippen molar-refractivity contribution >= 4 is 46.4 Å². The van der Waals surface area contributed by atoms with Crippen molar-refractivity contribution in [3.8, 4) is 68.8 Å². The van der Waals surface area contributed by atoms with Crippen LogP contribution in [0, 0.1) is 45.3 Å². The van der Waals surface area contributed by atoms with E-state index in [4.69, 9.17) is 19.9 Å². The third-order valence-corrected chi connectivity index (χ3v) is 13.5. The van der Waals surface area contributed by atoms with E-state index in [1.54, 1.807) is 36.4 Å². The van der Waals surface area contributed by atoms with Crippen molar-refractivity contribution in [3.05, 3.63) is 164 Å². The Kier molecular flexibility index (Phi) is 13.3. The molecular formula is C64H56CuN8. The summed E-state index contributed by atoms with van der Waals surface area (Å²) in [4.78, 5) is 22.0. The normalized spacial score (nSPS) is 12.4. The first-order valence-corrected chi connectivity index (χ1v) is 24.3. The zero-order valence-corrected chi connectivity index (χ0v) is 44.4. The molecule has 0 unspecified atom stereocenters. The quantitative estimate of drug-likeness (QED) is 0.158. The van der Waals surface area contributed by atoms with Crippen molar-refractivity contribution in [1.82, 2.24) is 19.9 Å². The first kappa shape index (κ1) is 51.3. The first-order valence-electron chi connectivity index (χ1n) is 24.3. The molecule has 0 saturated heterocycles. The molecule has 9 rings (SSSR count). The Morgan fingerprint density at radius 1 is 0.329 bits per heavy atom. The number of rotatable bonds is 4. The SMILES string of the molecule is CC(C)(C)c1cc(-c2c3nc(c(-c4cc(C#N)cc(C#N)c4)c4ccc([n-]4)c(-c4cc(C(C)(C)C)cc(C(C)(C)C)c4)c4nc(c(-c5cc(C#N)cc(C#N)c5)c5ccc2[n-]5)C=C4)C=C3)cc(C(C)(C)C)c1.[Cu+2]. The van der Waals surface area contributed by atoms with Crippen molar-refractivity contribution in [2.24, 2.45) is 0 Å². The molecule has 0 aliphatic carbocycles. The standard InChI is InChI=1S/C64H56N8.Cu/c1-61(2,3)45-27-43(28-46(31-45)62(4,5)6)59-53-17-13-49(69-53)57(41-23-37(33-65)21-38(24-41)34-66)51-15-19-55(71-51)60(44-29-47(63(7,8)9)32-48(30-44)64(10,11)12)56-20-16-52(72-56)58(50-14-18-54(59)70-50)42-25-39(35-67)22-40(26-42)36-68;/h13-32H,1-12H3;/q-2;+2. The molecule has 9 heteroatoms. The molecule has 7 aromatic rings. The maximum atomic E-state index is 10.3.